The molecule has 3 nitrogen and oxygen atoms in total. The Morgan fingerprint density at radius 1 is 1.21 bits per heavy atom. The van der Waals surface area contributed by atoms with Crippen LogP contribution in [-0.4, -0.2) is 5.97 Å². The van der Waals surface area contributed by atoms with E-state index in [2.05, 4.69) is 4.98 Å². The van der Waals surface area contributed by atoms with Crippen molar-refractivity contribution in [1.29, 1.82) is 0 Å². The lowest BCUT2D eigenvalue weighted by Gasteiger charge is -2.05. The minimum absolute atomic E-state index is 0. The summed E-state index contributed by atoms with van der Waals surface area (Å²) in [7, 11) is 0. The molecule has 1 heterocycles. The highest BCUT2D eigenvalue weighted by Gasteiger charge is 2.14. The number of hydrogen-bond acceptors (Lipinski definition) is 2. The van der Waals surface area contributed by atoms with Crippen LogP contribution < -0.4 is 29.0 Å². The Morgan fingerprint density at radius 3 is 2.53 bits per heavy atom. The Hall–Kier alpha value is -1.43. The summed E-state index contributed by atoms with van der Waals surface area (Å²) in [5.41, 5.74) is 3.51. The molecule has 0 saturated heterocycles. The molecule has 1 N–H and O–H groups in total. The number of rotatable bonds is 3. The lowest BCUT2D eigenvalue weighted by atomic mass is 10.1. The maximum absolute atomic E-state index is 11.9. The number of carbonyl (C=O) groups excluding carboxylic acids is 1. The van der Waals surface area contributed by atoms with E-state index in [9.17, 15) is 4.79 Å². The molecule has 0 aliphatic heterocycles. The SMILES string of the molecule is Cc1cc(C)c(C(=O)OCc2ccccc2)c[nH+]1.[I-]. The number of carbonyl (C=O) groups is 1. The third-order valence-corrected chi connectivity index (χ3v) is 2.73. The highest BCUT2D eigenvalue weighted by Crippen LogP contribution is 2.09. The van der Waals surface area contributed by atoms with Gasteiger partial charge < -0.3 is 28.7 Å². The lowest BCUT2D eigenvalue weighted by Crippen LogP contribution is -3.00. The first-order chi connectivity index (χ1) is 8.66. The molecule has 100 valence electrons. The van der Waals surface area contributed by atoms with Crippen molar-refractivity contribution >= 4 is 5.97 Å². The fourth-order valence-electron chi connectivity index (χ4n) is 1.76. The summed E-state index contributed by atoms with van der Waals surface area (Å²) in [6.07, 6.45) is 1.69. The van der Waals surface area contributed by atoms with Gasteiger partial charge in [-0.05, 0) is 18.1 Å². The topological polar surface area (TPSA) is 40.4 Å². The van der Waals surface area contributed by atoms with Crippen molar-refractivity contribution in [3.63, 3.8) is 0 Å². The summed E-state index contributed by atoms with van der Waals surface area (Å²) in [6, 6.07) is 11.6. The number of halogens is 1. The van der Waals surface area contributed by atoms with Crippen LogP contribution in [0.4, 0.5) is 0 Å². The fraction of sp³-hybridized carbons (Fsp3) is 0.200. The largest absolute Gasteiger partial charge is 1.00 e. The van der Waals surface area contributed by atoms with E-state index in [1.807, 2.05) is 50.2 Å². The van der Waals surface area contributed by atoms with E-state index in [-0.39, 0.29) is 29.9 Å². The number of pyridine rings is 1. The van der Waals surface area contributed by atoms with Crippen LogP contribution >= 0.6 is 0 Å². The lowest BCUT2D eigenvalue weighted by molar-refractivity contribution is -0.387. The molecule has 0 bridgehead atoms. The Morgan fingerprint density at radius 2 is 1.89 bits per heavy atom. The standard InChI is InChI=1S/C15H15NO2.HI/c1-11-8-12(2)16-9-14(11)15(17)18-10-13-6-4-3-5-7-13;/h3-9H,10H2,1-2H3;1H. The number of benzene rings is 1. The van der Waals surface area contributed by atoms with Crippen molar-refractivity contribution in [2.75, 3.05) is 0 Å². The zero-order valence-corrected chi connectivity index (χ0v) is 13.1. The van der Waals surface area contributed by atoms with Crippen LogP contribution in [0, 0.1) is 13.8 Å². The van der Waals surface area contributed by atoms with Crippen LogP contribution in [0.2, 0.25) is 0 Å². The van der Waals surface area contributed by atoms with Crippen LogP contribution in [0.25, 0.3) is 0 Å². The Labute approximate surface area is 130 Å². The first kappa shape index (κ1) is 15.6. The second-order valence-corrected chi connectivity index (χ2v) is 4.27. The predicted molar refractivity (Wildman–Crippen MR) is 68.0 cm³/mol. The number of hydrogen-bond donors (Lipinski definition) is 0. The van der Waals surface area contributed by atoms with Gasteiger partial charge in [0, 0.05) is 13.0 Å². The number of nitrogens with one attached hydrogen (secondary N) is 1. The molecule has 0 amide bonds. The van der Waals surface area contributed by atoms with E-state index in [1.165, 1.54) is 0 Å². The van der Waals surface area contributed by atoms with Gasteiger partial charge in [0.15, 0.2) is 11.9 Å². The summed E-state index contributed by atoms with van der Waals surface area (Å²) in [5, 5.41) is 0. The molecule has 0 atom stereocenters. The summed E-state index contributed by atoms with van der Waals surface area (Å²) in [4.78, 5) is 14.9. The summed E-state index contributed by atoms with van der Waals surface area (Å²) >= 11 is 0. The normalized spacial score (nSPS) is 9.58. The smallest absolute Gasteiger partial charge is 0.344 e. The van der Waals surface area contributed by atoms with Crippen molar-refractivity contribution in [2.24, 2.45) is 0 Å². The Balaban J connectivity index is 0.00000180. The monoisotopic (exact) mass is 369 g/mol. The Kier molecular flexibility index (Phi) is 5.95. The van der Waals surface area contributed by atoms with E-state index in [0.29, 0.717) is 12.2 Å². The molecule has 0 unspecified atom stereocenters. The molecule has 0 saturated carbocycles. The third kappa shape index (κ3) is 4.31. The van der Waals surface area contributed by atoms with Crippen molar-refractivity contribution in [1.82, 2.24) is 0 Å². The van der Waals surface area contributed by atoms with Crippen molar-refractivity contribution in [3.05, 3.63) is 65.0 Å². The minimum Gasteiger partial charge on any atom is -1.00 e. The number of aromatic nitrogens is 1. The van der Waals surface area contributed by atoms with Gasteiger partial charge in [-0.3, -0.25) is 0 Å². The predicted octanol–water partition coefficient (Wildman–Crippen LogP) is -0.521. The quantitative estimate of drug-likeness (QED) is 0.540. The van der Waals surface area contributed by atoms with Gasteiger partial charge in [0.1, 0.15) is 12.2 Å². The minimum atomic E-state index is -0.299. The van der Waals surface area contributed by atoms with E-state index in [0.717, 1.165) is 16.8 Å². The van der Waals surface area contributed by atoms with Gasteiger partial charge in [-0.25, -0.2) is 9.78 Å². The van der Waals surface area contributed by atoms with Crippen molar-refractivity contribution in [2.45, 2.75) is 20.5 Å². The van der Waals surface area contributed by atoms with Crippen LogP contribution in [0.5, 0.6) is 0 Å². The number of ether oxygens (including phenoxy) is 1. The zero-order chi connectivity index (χ0) is 13.0. The molecule has 19 heavy (non-hydrogen) atoms. The van der Waals surface area contributed by atoms with Crippen molar-refractivity contribution < 1.29 is 38.5 Å². The highest BCUT2D eigenvalue weighted by atomic mass is 127. The number of esters is 1. The average Bonchev–Trinajstić information content (AvgIpc) is 2.37. The summed E-state index contributed by atoms with van der Waals surface area (Å²) in [5.74, 6) is -0.299. The van der Waals surface area contributed by atoms with Crippen molar-refractivity contribution in [3.8, 4) is 0 Å². The summed E-state index contributed by atoms with van der Waals surface area (Å²) < 4.78 is 5.28. The second-order valence-electron chi connectivity index (χ2n) is 4.27. The molecule has 2 aromatic rings. The van der Waals surface area contributed by atoms with Crippen LogP contribution in [-0.2, 0) is 11.3 Å². The molecule has 1 aromatic heterocycles. The van der Waals surface area contributed by atoms with Gasteiger partial charge in [0.2, 0.25) is 0 Å². The number of H-pyrrole nitrogens is 1. The van der Waals surface area contributed by atoms with E-state index in [4.69, 9.17) is 4.74 Å². The average molecular weight is 369 g/mol. The van der Waals surface area contributed by atoms with E-state index < -0.39 is 0 Å². The first-order valence-electron chi connectivity index (χ1n) is 5.87. The third-order valence-electron chi connectivity index (χ3n) is 2.73. The summed E-state index contributed by atoms with van der Waals surface area (Å²) in [6.45, 7) is 4.15. The molecule has 0 radical (unpaired) electrons. The van der Waals surface area contributed by atoms with Crippen LogP contribution in [0.3, 0.4) is 0 Å². The zero-order valence-electron chi connectivity index (χ0n) is 10.9. The van der Waals surface area contributed by atoms with Gasteiger partial charge in [-0.2, -0.15) is 0 Å². The maximum Gasteiger partial charge on any atom is 0.344 e. The van der Waals surface area contributed by atoms with Crippen LogP contribution in [0.15, 0.2) is 42.6 Å². The molecule has 0 aliphatic rings. The molecule has 2 rings (SSSR count). The second kappa shape index (κ2) is 7.23. The van der Waals surface area contributed by atoms with Gasteiger partial charge in [0.05, 0.1) is 0 Å². The molecule has 0 fully saturated rings. The van der Waals surface area contributed by atoms with Gasteiger partial charge in [-0.1, -0.05) is 30.3 Å². The molecule has 1 aromatic carbocycles. The molecule has 4 heteroatoms. The fourth-order valence-corrected chi connectivity index (χ4v) is 1.76. The van der Waals surface area contributed by atoms with E-state index >= 15 is 0 Å². The first-order valence-corrected chi connectivity index (χ1v) is 5.87. The number of aromatic amines is 1. The highest BCUT2D eigenvalue weighted by molar-refractivity contribution is 5.90. The van der Waals surface area contributed by atoms with Gasteiger partial charge in [-0.15, -0.1) is 0 Å². The maximum atomic E-state index is 11.9. The van der Waals surface area contributed by atoms with Crippen LogP contribution in [0.1, 0.15) is 27.2 Å². The molecular formula is C15H16INO2. The molecule has 0 aliphatic carbocycles. The molecular weight excluding hydrogens is 353 g/mol. The van der Waals surface area contributed by atoms with Gasteiger partial charge >= 0.3 is 5.97 Å². The number of aryl methyl sites for hydroxylation is 2. The van der Waals surface area contributed by atoms with E-state index in [1.54, 1.807) is 6.20 Å². The van der Waals surface area contributed by atoms with Gasteiger partial charge in [0.25, 0.3) is 0 Å². The Bertz CT molecular complexity index is 555. The molecule has 0 spiro atoms.